The van der Waals surface area contributed by atoms with E-state index in [1.807, 2.05) is 23.1 Å². The minimum absolute atomic E-state index is 0.156. The lowest BCUT2D eigenvalue weighted by Gasteiger charge is -2.26. The van der Waals surface area contributed by atoms with Gasteiger partial charge in [0.15, 0.2) is 0 Å². The molecule has 2 aliphatic heterocycles. The fourth-order valence-electron chi connectivity index (χ4n) is 5.47. The fourth-order valence-corrected chi connectivity index (χ4v) is 7.60. The van der Waals surface area contributed by atoms with Crippen LogP contribution in [0.2, 0.25) is 0 Å². The SMILES string of the molecule is Cc1c(C2=CCN(S(=O)(=O)c3cccc4nsnc34)CC2)c2ccccc2n1CC(=O)N1CCCC1. The molecule has 0 N–H and O–H groups in total. The van der Waals surface area contributed by atoms with Gasteiger partial charge in [-0.2, -0.15) is 13.1 Å². The van der Waals surface area contributed by atoms with Gasteiger partial charge >= 0.3 is 0 Å². The van der Waals surface area contributed by atoms with E-state index >= 15 is 0 Å². The number of carbonyl (C=O) groups excluding carboxylic acids is 1. The van der Waals surface area contributed by atoms with Gasteiger partial charge in [-0.3, -0.25) is 4.79 Å². The number of carbonyl (C=O) groups is 1. The van der Waals surface area contributed by atoms with Crippen molar-refractivity contribution in [3.05, 3.63) is 59.8 Å². The van der Waals surface area contributed by atoms with E-state index in [-0.39, 0.29) is 17.3 Å². The number of para-hydroxylation sites is 1. The first-order valence-corrected chi connectivity index (χ1v) is 14.4. The van der Waals surface area contributed by atoms with E-state index in [0.29, 0.717) is 30.5 Å². The van der Waals surface area contributed by atoms with Crippen LogP contribution in [0.3, 0.4) is 0 Å². The molecule has 0 saturated carbocycles. The van der Waals surface area contributed by atoms with Crippen LogP contribution >= 0.6 is 11.7 Å². The first-order valence-electron chi connectivity index (χ1n) is 12.2. The van der Waals surface area contributed by atoms with E-state index in [9.17, 15) is 13.2 Å². The monoisotopic (exact) mass is 521 g/mol. The third-order valence-corrected chi connectivity index (χ3v) is 9.78. The molecular formula is C26H27N5O3S2. The average Bonchev–Trinajstić information content (AvgIpc) is 3.64. The van der Waals surface area contributed by atoms with Crippen LogP contribution < -0.4 is 0 Å². The van der Waals surface area contributed by atoms with Crippen molar-refractivity contribution in [3.8, 4) is 0 Å². The molecule has 0 bridgehead atoms. The first-order chi connectivity index (χ1) is 17.4. The Hall–Kier alpha value is -3.08. The Balaban J connectivity index is 1.32. The van der Waals surface area contributed by atoms with Crippen molar-refractivity contribution in [3.63, 3.8) is 0 Å². The molecule has 1 fully saturated rings. The summed E-state index contributed by atoms with van der Waals surface area (Å²) in [6.45, 7) is 4.73. The van der Waals surface area contributed by atoms with E-state index in [4.69, 9.17) is 0 Å². The molecule has 2 aromatic heterocycles. The Morgan fingerprint density at radius 2 is 1.83 bits per heavy atom. The summed E-state index contributed by atoms with van der Waals surface area (Å²) in [5, 5.41) is 1.10. The molecule has 1 amide bonds. The van der Waals surface area contributed by atoms with E-state index in [0.717, 1.165) is 65.4 Å². The molecule has 0 unspecified atom stereocenters. The smallest absolute Gasteiger partial charge is 0.245 e. The third kappa shape index (κ3) is 3.84. The molecule has 10 heteroatoms. The second-order valence-electron chi connectivity index (χ2n) is 9.38. The number of hydrogen-bond donors (Lipinski definition) is 0. The van der Waals surface area contributed by atoms with Gasteiger partial charge in [-0.15, -0.1) is 0 Å². The van der Waals surface area contributed by atoms with Crippen molar-refractivity contribution in [1.82, 2.24) is 22.5 Å². The van der Waals surface area contributed by atoms with Crippen LogP contribution in [0.5, 0.6) is 0 Å². The van der Waals surface area contributed by atoms with Crippen LogP contribution in [0.15, 0.2) is 53.4 Å². The largest absolute Gasteiger partial charge is 0.341 e. The molecule has 8 nitrogen and oxygen atoms in total. The van der Waals surface area contributed by atoms with Crippen LogP contribution in [-0.2, 0) is 21.4 Å². The van der Waals surface area contributed by atoms with E-state index in [2.05, 4.69) is 32.4 Å². The molecule has 4 heterocycles. The second-order valence-corrected chi connectivity index (χ2v) is 11.8. The molecule has 2 aromatic carbocycles. The zero-order valence-corrected chi connectivity index (χ0v) is 21.7. The maximum Gasteiger partial charge on any atom is 0.245 e. The average molecular weight is 522 g/mol. The standard InChI is InChI=1S/C26H27N5O3S2/c1-18-25(20-7-2-3-9-22(20)31(18)17-24(32)29-13-4-5-14-29)19-11-15-30(16-12-19)36(33,34)23-10-6-8-21-26(23)28-35-27-21/h2-3,6-11H,4-5,12-17H2,1H3. The molecule has 1 saturated heterocycles. The Kier molecular flexibility index (Phi) is 5.89. The van der Waals surface area contributed by atoms with Crippen molar-refractivity contribution in [1.29, 1.82) is 0 Å². The Labute approximate surface area is 214 Å². The lowest BCUT2D eigenvalue weighted by atomic mass is 9.97. The highest BCUT2D eigenvalue weighted by Crippen LogP contribution is 2.36. The topological polar surface area (TPSA) is 88.4 Å². The Morgan fingerprint density at radius 1 is 1.03 bits per heavy atom. The van der Waals surface area contributed by atoms with Crippen LogP contribution in [0.4, 0.5) is 0 Å². The Morgan fingerprint density at radius 3 is 2.61 bits per heavy atom. The zero-order chi connectivity index (χ0) is 24.9. The van der Waals surface area contributed by atoms with Crippen molar-refractivity contribution in [2.75, 3.05) is 26.2 Å². The van der Waals surface area contributed by atoms with Gasteiger partial charge in [0.2, 0.25) is 15.9 Å². The number of sulfonamides is 1. The summed E-state index contributed by atoms with van der Waals surface area (Å²) >= 11 is 1.02. The van der Waals surface area contributed by atoms with Gasteiger partial charge in [0.1, 0.15) is 22.5 Å². The summed E-state index contributed by atoms with van der Waals surface area (Å²) in [6.07, 6.45) is 4.76. The summed E-state index contributed by atoms with van der Waals surface area (Å²) in [6, 6.07) is 13.3. The van der Waals surface area contributed by atoms with E-state index in [1.54, 1.807) is 18.2 Å². The van der Waals surface area contributed by atoms with Gasteiger partial charge in [0.25, 0.3) is 0 Å². The summed E-state index contributed by atoms with van der Waals surface area (Å²) in [7, 11) is -3.70. The van der Waals surface area contributed by atoms with Crippen LogP contribution in [0.25, 0.3) is 27.5 Å². The van der Waals surface area contributed by atoms with E-state index < -0.39 is 10.0 Å². The number of benzene rings is 2. The predicted octanol–water partition coefficient (Wildman–Crippen LogP) is 4.05. The molecule has 2 aliphatic rings. The molecule has 36 heavy (non-hydrogen) atoms. The van der Waals surface area contributed by atoms with Gasteiger partial charge < -0.3 is 9.47 Å². The predicted molar refractivity (Wildman–Crippen MR) is 141 cm³/mol. The maximum atomic E-state index is 13.5. The quantitative estimate of drug-likeness (QED) is 0.395. The van der Waals surface area contributed by atoms with Gasteiger partial charge in [-0.05, 0) is 50.0 Å². The number of aromatic nitrogens is 3. The number of amides is 1. The normalized spacial score (nSPS) is 17.2. The Bertz CT molecular complexity index is 1610. The highest BCUT2D eigenvalue weighted by molar-refractivity contribution is 7.89. The van der Waals surface area contributed by atoms with Crippen molar-refractivity contribution in [2.45, 2.75) is 37.6 Å². The second kappa shape index (κ2) is 9.10. The summed E-state index contributed by atoms with van der Waals surface area (Å²) in [5.41, 5.74) is 5.35. The van der Waals surface area contributed by atoms with Gasteiger partial charge in [0, 0.05) is 48.3 Å². The molecule has 0 radical (unpaired) electrons. The number of rotatable bonds is 5. The molecule has 186 valence electrons. The van der Waals surface area contributed by atoms with E-state index in [1.165, 1.54) is 4.31 Å². The molecule has 6 rings (SSSR count). The van der Waals surface area contributed by atoms with Crippen LogP contribution in [-0.4, -0.2) is 63.0 Å². The van der Waals surface area contributed by atoms with Crippen molar-refractivity contribution < 1.29 is 13.2 Å². The van der Waals surface area contributed by atoms with Gasteiger partial charge in [-0.1, -0.05) is 30.3 Å². The van der Waals surface area contributed by atoms with Crippen molar-refractivity contribution >= 4 is 55.2 Å². The lowest BCUT2D eigenvalue weighted by molar-refractivity contribution is -0.130. The maximum absolute atomic E-state index is 13.5. The van der Waals surface area contributed by atoms with Crippen molar-refractivity contribution in [2.24, 2.45) is 0 Å². The highest BCUT2D eigenvalue weighted by atomic mass is 32.2. The van der Waals surface area contributed by atoms with Crippen LogP contribution in [0, 0.1) is 6.92 Å². The minimum atomic E-state index is -3.70. The molecule has 0 aliphatic carbocycles. The molecular weight excluding hydrogens is 494 g/mol. The summed E-state index contributed by atoms with van der Waals surface area (Å²) < 4.78 is 38.9. The summed E-state index contributed by atoms with van der Waals surface area (Å²) in [5.74, 6) is 0.156. The minimum Gasteiger partial charge on any atom is -0.341 e. The molecule has 4 aromatic rings. The van der Waals surface area contributed by atoms with Crippen LogP contribution in [0.1, 0.15) is 30.5 Å². The van der Waals surface area contributed by atoms with Gasteiger partial charge in [0.05, 0.1) is 11.7 Å². The van der Waals surface area contributed by atoms with Gasteiger partial charge in [-0.25, -0.2) is 8.42 Å². The third-order valence-electron chi connectivity index (χ3n) is 7.34. The number of hydrogen-bond acceptors (Lipinski definition) is 6. The number of likely N-dealkylation sites (tertiary alicyclic amines) is 1. The number of nitrogens with zero attached hydrogens (tertiary/aromatic N) is 5. The summed E-state index contributed by atoms with van der Waals surface area (Å²) in [4.78, 5) is 15.1. The number of fused-ring (bicyclic) bond motifs is 2. The molecule has 0 atom stereocenters. The lowest BCUT2D eigenvalue weighted by Crippen LogP contribution is -2.34. The highest BCUT2D eigenvalue weighted by Gasteiger charge is 2.30. The zero-order valence-electron chi connectivity index (χ0n) is 20.1. The first kappa shape index (κ1) is 23.3. The fraction of sp³-hybridized carbons (Fsp3) is 0.346. The molecule has 0 spiro atoms.